The molecule has 20 heterocycles. The molecule has 0 bridgehead atoms. The highest BCUT2D eigenvalue weighted by atomic mass is 19.2. The Morgan fingerprint density at radius 3 is 1.27 bits per heavy atom. The van der Waals surface area contributed by atoms with Crippen LogP contribution in [-0.4, -0.2) is 231 Å². The molecule has 6 fully saturated rings. The lowest BCUT2D eigenvalue weighted by Crippen LogP contribution is -2.54. The maximum atomic E-state index is 14.2. The average molecular weight is 2000 g/mol. The topological polar surface area (TPSA) is 293 Å². The lowest BCUT2D eigenvalue weighted by molar-refractivity contribution is 0.0977. The number of pyridine rings is 5. The van der Waals surface area contributed by atoms with Crippen molar-refractivity contribution in [3.63, 3.8) is 0 Å². The predicted molar refractivity (Wildman–Crippen MR) is 558 cm³/mol. The van der Waals surface area contributed by atoms with Crippen molar-refractivity contribution in [3.8, 4) is 5.82 Å². The molecular weight excluding hydrogens is 1890 g/mol. The number of hydrogen-bond acceptors (Lipinski definition) is 24. The van der Waals surface area contributed by atoms with Crippen LogP contribution in [0.4, 0.5) is 64.2 Å². The van der Waals surface area contributed by atoms with Crippen molar-refractivity contribution in [3.05, 3.63) is 230 Å². The van der Waals surface area contributed by atoms with Crippen LogP contribution in [-0.2, 0) is 32.9 Å². The number of anilines is 5. The Balaban J connectivity index is 0.000000104. The number of carbonyl (C=O) groups excluding carboxylic acids is 1. The minimum absolute atomic E-state index is 0.0895. The minimum Gasteiger partial charge on any atom is -0.355 e. The molecule has 5 aromatic carbocycles. The number of fused-ring (bicyclic) bond motifs is 25. The molecule has 0 radical (unpaired) electrons. The first kappa shape index (κ1) is 97.2. The fraction of sp³-hybridized carbons (Fsp3) is 0.389. The van der Waals surface area contributed by atoms with Crippen LogP contribution < -0.4 is 56.9 Å². The van der Waals surface area contributed by atoms with Gasteiger partial charge < -0.3 is 59.8 Å². The molecule has 39 heteroatoms. The third kappa shape index (κ3) is 18.5. The third-order valence-electron chi connectivity index (χ3n) is 28.8. The van der Waals surface area contributed by atoms with E-state index in [1.165, 1.54) is 56.4 Å². The summed E-state index contributed by atoms with van der Waals surface area (Å²) in [5.41, 5.74) is 13.4. The van der Waals surface area contributed by atoms with E-state index in [1.807, 2.05) is 59.9 Å². The second-order valence-electron chi connectivity index (χ2n) is 41.2. The average Bonchev–Trinajstić information content (AvgIpc) is 1.60. The van der Waals surface area contributed by atoms with Crippen molar-refractivity contribution in [2.75, 3.05) is 110 Å². The molecule has 1 saturated carbocycles. The molecule has 4 N–H and O–H groups in total. The van der Waals surface area contributed by atoms with Crippen LogP contribution in [0.15, 0.2) is 149 Å². The summed E-state index contributed by atoms with van der Waals surface area (Å²) in [4.78, 5) is 104. The van der Waals surface area contributed by atoms with Crippen LogP contribution in [0.2, 0.25) is 0 Å². The number of hydrogen-bond donors (Lipinski definition) is 4. The van der Waals surface area contributed by atoms with Gasteiger partial charge in [0.15, 0.2) is 80.6 Å². The molecule has 31 nitrogen and oxygen atoms in total. The van der Waals surface area contributed by atoms with Gasteiger partial charge in [-0.3, -0.25) is 36.6 Å². The number of nitrogens with one attached hydrogen (secondary N) is 4. The van der Waals surface area contributed by atoms with E-state index in [2.05, 4.69) is 194 Å². The molecule has 26 rings (SSSR count). The second-order valence-corrected chi connectivity index (χ2v) is 41.2. The molecular formula is C108H114F8N28O3. The maximum Gasteiger partial charge on any atom is 0.294 e. The number of piperazine rings is 4. The molecule has 5 saturated heterocycles. The van der Waals surface area contributed by atoms with Gasteiger partial charge in [0.2, 0.25) is 17.1 Å². The standard InChI is InChI=1S/C24H27N5.C23H26F2N6.C21H22F2N6O.C20H20F2N6O.C20H19F2N5O/c1-27-11-4-12-28(14-13-27)23-10-9-19-24(26-23)29-21-6-3-2-5-18(21)16-22(29)20(25-19)15-17-7-8-17;1-12(2)7-19-23-28-18-8-15(24)16(25)9-20(18)31(23)22-17(27-19)5-6-21(29-22)30-10-13(3)26-14(4)11-30;1-4-28-16-5-6-18(27-9-11(2)24-12(3)10-27)26-19(16)29-17-8-14(23)13(22)7-15(17)25-20(29)21(28)30;1-10-8-27(9-11(2)23-10)17-5-4-15-18(25-17)28-16-7-13(22)12(21)6-14(16)24-19(28)20(29)26(15)3;1-10-8-26(9-11(2)23-10)18-4-3-12-5-17(28)20-24-15-6-13(21)14(22)7-16(15)27(20)19(12)25-18/h2-3,5-6,9-10,16-17H,4,7-8,11-15H2,1H3;5-6,8-9,12-14,26H,7,10-11H2,1-4H3;5-8,11-12,24H,4,9-10H2,1-3H3;4-7,10-11,23H,8-9H2,1-3H3;3-4,6-7,10-11,23H,5,8-9H2,1-2H3/t;13-,14+;11-,12+;2*10-,11+. The molecule has 14 aromatic heterocycles. The second kappa shape index (κ2) is 38.7. The predicted octanol–water partition coefficient (Wildman–Crippen LogP) is 15.7. The zero-order chi connectivity index (χ0) is 102. The van der Waals surface area contributed by atoms with Gasteiger partial charge in [0.1, 0.15) is 45.9 Å². The van der Waals surface area contributed by atoms with E-state index in [0.717, 1.165) is 185 Å². The van der Waals surface area contributed by atoms with Crippen LogP contribution in [0.3, 0.4) is 0 Å². The summed E-state index contributed by atoms with van der Waals surface area (Å²) in [7, 11) is 3.85. The fourth-order valence-electron chi connectivity index (χ4n) is 22.2. The highest BCUT2D eigenvalue weighted by Gasteiger charge is 2.35. The first-order valence-electron chi connectivity index (χ1n) is 50.6. The van der Waals surface area contributed by atoms with Crippen LogP contribution in [0.1, 0.15) is 123 Å². The summed E-state index contributed by atoms with van der Waals surface area (Å²) in [5.74, 6) is -1.79. The summed E-state index contributed by atoms with van der Waals surface area (Å²) in [6, 6.07) is 41.7. The quantitative estimate of drug-likeness (QED) is 0.0925. The normalized spacial score (nSPS) is 20.1. The summed E-state index contributed by atoms with van der Waals surface area (Å²) in [6.45, 7) is 34.4. The number of carbonyl (C=O) groups is 1. The first-order valence-corrected chi connectivity index (χ1v) is 50.6. The van der Waals surface area contributed by atoms with Gasteiger partial charge in [-0.2, -0.15) is 0 Å². The zero-order valence-corrected chi connectivity index (χ0v) is 84.0. The lowest BCUT2D eigenvalue weighted by Gasteiger charge is -2.37. The number of benzene rings is 5. The SMILES string of the molecule is CC(C)Cc1nc2ccc(N3C[C@@H](C)N[C@@H](C)C3)nc2n2c1nc1cc(F)c(F)cc12.CCn1c(=O)c2nc3cc(F)c(F)cc3n2c2nc(N3C[C@@H](C)N[C@@H](C)C3)ccc21.CN1CCCN(c2ccc3nc(CC4CC4)c4cc5ccccc5n4c3n2)CC1.C[C@@H]1CN(c2ccc3c(n2)-n2c(nc4cc(F)c(F)cc42)C(=O)C3)C[C@H](C)N1.C[C@@H]1CN(c2ccc3c(n2)n2c(nc4cc(F)c(F)cc42)c(=O)n3C)C[C@H](C)N1. The van der Waals surface area contributed by atoms with Crippen LogP contribution in [0.5, 0.6) is 0 Å². The fourth-order valence-corrected chi connectivity index (χ4v) is 22.2. The summed E-state index contributed by atoms with van der Waals surface area (Å²) in [5, 5.41) is 15.3. The number of aryl methyl sites for hydroxylation is 2. The third-order valence-corrected chi connectivity index (χ3v) is 28.8. The summed E-state index contributed by atoms with van der Waals surface area (Å²) in [6.07, 6.45) is 5.82. The largest absolute Gasteiger partial charge is 0.355 e. The van der Waals surface area contributed by atoms with Gasteiger partial charge in [-0.1, -0.05) is 38.1 Å². The van der Waals surface area contributed by atoms with Crippen LogP contribution in [0, 0.1) is 58.4 Å². The Labute approximate surface area is 838 Å². The first-order chi connectivity index (χ1) is 70.7. The molecule has 8 atom stereocenters. The Bertz CT molecular complexity index is 8590. The smallest absolute Gasteiger partial charge is 0.294 e. The monoisotopic (exact) mass is 2000 g/mol. The highest BCUT2D eigenvalue weighted by molar-refractivity contribution is 6.01. The number of halogens is 8. The molecule has 6 aliphatic heterocycles. The van der Waals surface area contributed by atoms with Gasteiger partial charge in [-0.25, -0.2) is 89.9 Å². The number of nitrogens with zero attached hydrogens (tertiary/aromatic N) is 24. The van der Waals surface area contributed by atoms with Crippen molar-refractivity contribution in [1.82, 2.24) is 112 Å². The molecule has 0 amide bonds. The van der Waals surface area contributed by atoms with Gasteiger partial charge in [0.05, 0.1) is 77.6 Å². The van der Waals surface area contributed by atoms with Gasteiger partial charge in [0, 0.05) is 200 Å². The summed E-state index contributed by atoms with van der Waals surface area (Å²) < 4.78 is 123. The van der Waals surface area contributed by atoms with E-state index in [4.69, 9.17) is 34.9 Å². The van der Waals surface area contributed by atoms with Crippen LogP contribution in [0.25, 0.3) is 128 Å². The van der Waals surface area contributed by atoms with Crippen molar-refractivity contribution in [2.24, 2.45) is 18.9 Å². The highest BCUT2D eigenvalue weighted by Crippen LogP contribution is 2.39. The number of ketones is 1. The van der Waals surface area contributed by atoms with Crippen LogP contribution >= 0.6 is 0 Å². The van der Waals surface area contributed by atoms with Gasteiger partial charge in [-0.15, -0.1) is 0 Å². The molecule has 760 valence electrons. The molecule has 7 aliphatic rings. The Hall–Kier alpha value is -14.5. The number of likely N-dealkylation sites (N-methyl/N-ethyl adjacent to an activating group) is 1. The Kier molecular flexibility index (Phi) is 25.6. The van der Waals surface area contributed by atoms with Gasteiger partial charge >= 0.3 is 0 Å². The van der Waals surface area contributed by atoms with E-state index in [1.54, 1.807) is 20.6 Å². The Morgan fingerprint density at radius 2 is 0.769 bits per heavy atom. The van der Waals surface area contributed by atoms with E-state index in [-0.39, 0.29) is 57.0 Å². The van der Waals surface area contributed by atoms with E-state index < -0.39 is 46.5 Å². The minimum atomic E-state index is -1.00. The number of rotatable bonds is 10. The number of Topliss-reactive ketones (excluding diaryl/α,β-unsaturated/α-hetero) is 1. The number of imidazole rings is 4. The molecule has 19 aromatic rings. The van der Waals surface area contributed by atoms with Crippen molar-refractivity contribution >= 4 is 157 Å². The van der Waals surface area contributed by atoms with E-state index in [0.29, 0.717) is 140 Å². The Morgan fingerprint density at radius 1 is 0.354 bits per heavy atom. The molecule has 1 aliphatic carbocycles. The zero-order valence-electron chi connectivity index (χ0n) is 84.0. The van der Waals surface area contributed by atoms with Gasteiger partial charge in [-0.05, 0) is 187 Å². The van der Waals surface area contributed by atoms with E-state index in [9.17, 15) is 49.5 Å². The lowest BCUT2D eigenvalue weighted by atomic mass is 10.1. The van der Waals surface area contributed by atoms with E-state index >= 15 is 0 Å². The maximum absolute atomic E-state index is 14.2. The molecule has 0 unspecified atom stereocenters. The van der Waals surface area contributed by atoms with Crippen molar-refractivity contribution in [1.29, 1.82) is 0 Å². The van der Waals surface area contributed by atoms with Crippen molar-refractivity contribution < 1.29 is 39.9 Å². The molecule has 0 spiro atoms. The van der Waals surface area contributed by atoms with Gasteiger partial charge in [0.25, 0.3) is 11.1 Å². The molecule has 147 heavy (non-hydrogen) atoms. The number of aromatic nitrogens is 18. The van der Waals surface area contributed by atoms with Crippen molar-refractivity contribution in [2.45, 2.75) is 170 Å². The number of para-hydroxylation sites is 1. The summed E-state index contributed by atoms with van der Waals surface area (Å²) >= 11 is 0.